The average molecular weight is 363 g/mol. The average Bonchev–Trinajstić information content (AvgIpc) is 2.90. The van der Waals surface area contributed by atoms with Crippen molar-refractivity contribution in [1.82, 2.24) is 5.32 Å². The van der Waals surface area contributed by atoms with Crippen LogP contribution in [0.25, 0.3) is 10.1 Å². The predicted octanol–water partition coefficient (Wildman–Crippen LogP) is 4.31. The van der Waals surface area contributed by atoms with Crippen molar-refractivity contribution >= 4 is 50.5 Å². The first-order valence-corrected chi connectivity index (χ1v) is 8.20. The van der Waals surface area contributed by atoms with Crippen molar-refractivity contribution < 1.29 is 14.0 Å². The number of benzene rings is 2. The van der Waals surface area contributed by atoms with E-state index >= 15 is 0 Å². The van der Waals surface area contributed by atoms with Crippen LogP contribution in [-0.2, 0) is 0 Å². The molecular weight excluding hydrogens is 351 g/mol. The number of para-hydroxylation sites is 1. The van der Waals surface area contributed by atoms with Crippen LogP contribution in [0.1, 0.15) is 20.0 Å². The van der Waals surface area contributed by atoms with E-state index in [9.17, 15) is 14.0 Å². The first kappa shape index (κ1) is 16.4. The van der Waals surface area contributed by atoms with Gasteiger partial charge in [0.2, 0.25) is 0 Å². The van der Waals surface area contributed by atoms with E-state index in [0.29, 0.717) is 21.3 Å². The van der Waals surface area contributed by atoms with E-state index < -0.39 is 11.7 Å². The van der Waals surface area contributed by atoms with Crippen LogP contribution < -0.4 is 10.6 Å². The van der Waals surface area contributed by atoms with Crippen molar-refractivity contribution in [2.24, 2.45) is 0 Å². The van der Waals surface area contributed by atoms with Crippen LogP contribution in [0.15, 0.2) is 42.5 Å². The molecule has 0 spiro atoms. The van der Waals surface area contributed by atoms with Crippen LogP contribution in [0.3, 0.4) is 0 Å². The van der Waals surface area contributed by atoms with Crippen LogP contribution in [0, 0.1) is 5.82 Å². The number of halogens is 2. The van der Waals surface area contributed by atoms with Gasteiger partial charge in [-0.3, -0.25) is 9.59 Å². The summed E-state index contributed by atoms with van der Waals surface area (Å²) in [7, 11) is 1.51. The lowest BCUT2D eigenvalue weighted by Gasteiger charge is -2.09. The second kappa shape index (κ2) is 6.59. The highest BCUT2D eigenvalue weighted by atomic mass is 35.5. The number of anilines is 1. The van der Waals surface area contributed by atoms with Crippen LogP contribution >= 0.6 is 22.9 Å². The van der Waals surface area contributed by atoms with Gasteiger partial charge < -0.3 is 10.6 Å². The Morgan fingerprint density at radius 3 is 2.62 bits per heavy atom. The lowest BCUT2D eigenvalue weighted by atomic mass is 10.1. The normalized spacial score (nSPS) is 10.6. The Morgan fingerprint density at radius 1 is 1.12 bits per heavy atom. The molecule has 7 heteroatoms. The van der Waals surface area contributed by atoms with Gasteiger partial charge in [0.25, 0.3) is 11.8 Å². The number of hydrogen-bond donors (Lipinski definition) is 2. The highest BCUT2D eigenvalue weighted by molar-refractivity contribution is 7.21. The van der Waals surface area contributed by atoms with Gasteiger partial charge in [0, 0.05) is 17.1 Å². The molecule has 0 saturated carbocycles. The molecule has 3 rings (SSSR count). The van der Waals surface area contributed by atoms with Crippen LogP contribution in [-0.4, -0.2) is 18.9 Å². The highest BCUT2D eigenvalue weighted by Gasteiger charge is 2.19. The molecule has 0 aliphatic heterocycles. The second-order valence-corrected chi connectivity index (χ2v) is 6.39. The lowest BCUT2D eigenvalue weighted by Crippen LogP contribution is -2.21. The number of hydrogen-bond acceptors (Lipinski definition) is 3. The smallest absolute Gasteiger partial charge is 0.267 e. The van der Waals surface area contributed by atoms with Crippen molar-refractivity contribution in [3.05, 3.63) is 63.7 Å². The minimum atomic E-state index is -0.446. The minimum Gasteiger partial charge on any atom is -0.355 e. The summed E-state index contributed by atoms with van der Waals surface area (Å²) < 4.78 is 13.9. The van der Waals surface area contributed by atoms with Gasteiger partial charge in [-0.2, -0.15) is 0 Å². The number of carbonyl (C=O) groups excluding carboxylic acids is 2. The van der Waals surface area contributed by atoms with Gasteiger partial charge >= 0.3 is 0 Å². The lowest BCUT2D eigenvalue weighted by molar-refractivity contribution is 0.0964. The van der Waals surface area contributed by atoms with Crippen molar-refractivity contribution in [1.29, 1.82) is 0 Å². The highest BCUT2D eigenvalue weighted by Crippen LogP contribution is 2.36. The number of amides is 2. The molecule has 0 atom stereocenters. The van der Waals surface area contributed by atoms with Crippen molar-refractivity contribution in [2.75, 3.05) is 12.4 Å². The van der Waals surface area contributed by atoms with Gasteiger partial charge in [0.1, 0.15) is 10.7 Å². The Morgan fingerprint density at radius 2 is 1.88 bits per heavy atom. The Balaban J connectivity index is 1.97. The van der Waals surface area contributed by atoms with Gasteiger partial charge in [-0.1, -0.05) is 23.7 Å². The molecule has 2 aromatic carbocycles. The van der Waals surface area contributed by atoms with Crippen LogP contribution in [0.5, 0.6) is 0 Å². The van der Waals surface area contributed by atoms with Crippen molar-refractivity contribution in [3.8, 4) is 0 Å². The molecule has 0 aliphatic rings. The van der Waals surface area contributed by atoms with E-state index in [1.807, 2.05) is 0 Å². The SMILES string of the molecule is CNC(=O)c1ccccc1NC(=O)c1sc2cc(F)ccc2c1Cl. The van der Waals surface area contributed by atoms with Crippen LogP contribution in [0.4, 0.5) is 10.1 Å². The molecule has 3 aromatic rings. The summed E-state index contributed by atoms with van der Waals surface area (Å²) in [5, 5.41) is 6.10. The molecule has 24 heavy (non-hydrogen) atoms. The summed E-state index contributed by atoms with van der Waals surface area (Å²) in [4.78, 5) is 24.7. The van der Waals surface area contributed by atoms with Crippen molar-refractivity contribution in [3.63, 3.8) is 0 Å². The number of thiophene rings is 1. The molecule has 0 fully saturated rings. The number of fused-ring (bicyclic) bond motifs is 1. The Kier molecular flexibility index (Phi) is 4.51. The molecule has 1 heterocycles. The number of nitrogens with one attached hydrogen (secondary N) is 2. The molecular formula is C17H12ClFN2O2S. The van der Waals surface area contributed by atoms with Crippen LogP contribution in [0.2, 0.25) is 5.02 Å². The third-order valence-electron chi connectivity index (χ3n) is 3.44. The standard InChI is InChI=1S/C17H12ClFN2O2S/c1-20-16(22)10-4-2-3-5-12(10)21-17(23)15-14(18)11-7-6-9(19)8-13(11)24-15/h2-8H,1H3,(H,20,22)(H,21,23). The van der Waals surface area contributed by atoms with Gasteiger partial charge in [0.15, 0.2) is 0 Å². The molecule has 0 saturated heterocycles. The van der Waals surface area contributed by atoms with Gasteiger partial charge in [-0.05, 0) is 30.3 Å². The zero-order valence-electron chi connectivity index (χ0n) is 12.5. The topological polar surface area (TPSA) is 58.2 Å². The first-order valence-electron chi connectivity index (χ1n) is 7.01. The molecule has 0 bridgehead atoms. The third-order valence-corrected chi connectivity index (χ3v) is 5.10. The van der Waals surface area contributed by atoms with Gasteiger partial charge in [-0.25, -0.2) is 4.39 Å². The summed E-state index contributed by atoms with van der Waals surface area (Å²) in [6, 6.07) is 10.8. The van der Waals surface area contributed by atoms with Gasteiger partial charge in [-0.15, -0.1) is 11.3 Å². The summed E-state index contributed by atoms with van der Waals surface area (Å²) in [6.45, 7) is 0. The Labute approximate surface area is 146 Å². The molecule has 2 amide bonds. The molecule has 0 unspecified atom stereocenters. The van der Waals surface area contributed by atoms with E-state index in [2.05, 4.69) is 10.6 Å². The Bertz CT molecular complexity index is 955. The van der Waals surface area contributed by atoms with E-state index in [0.717, 1.165) is 11.3 Å². The van der Waals surface area contributed by atoms with Crippen molar-refractivity contribution in [2.45, 2.75) is 0 Å². The van der Waals surface area contributed by atoms with E-state index in [1.165, 1.54) is 19.2 Å². The maximum absolute atomic E-state index is 13.3. The fourth-order valence-corrected chi connectivity index (χ4v) is 3.73. The second-order valence-electron chi connectivity index (χ2n) is 4.96. The molecule has 1 aromatic heterocycles. The molecule has 2 N–H and O–H groups in total. The number of carbonyl (C=O) groups is 2. The summed E-state index contributed by atoms with van der Waals surface area (Å²) >= 11 is 7.35. The minimum absolute atomic E-state index is 0.268. The quantitative estimate of drug-likeness (QED) is 0.729. The molecule has 122 valence electrons. The summed E-state index contributed by atoms with van der Waals surface area (Å²) in [5.74, 6) is -1.15. The fourth-order valence-electron chi connectivity index (χ4n) is 2.29. The monoisotopic (exact) mass is 362 g/mol. The molecule has 4 nitrogen and oxygen atoms in total. The third kappa shape index (κ3) is 2.98. The largest absolute Gasteiger partial charge is 0.355 e. The number of rotatable bonds is 3. The zero-order chi connectivity index (χ0) is 17.3. The Hall–Kier alpha value is -2.44. The molecule has 0 aliphatic carbocycles. The first-order chi connectivity index (χ1) is 11.5. The predicted molar refractivity (Wildman–Crippen MR) is 94.6 cm³/mol. The summed E-state index contributed by atoms with van der Waals surface area (Å²) in [5.41, 5.74) is 0.721. The van der Waals surface area contributed by atoms with E-state index in [1.54, 1.807) is 30.3 Å². The fraction of sp³-hybridized carbons (Fsp3) is 0.0588. The molecule has 0 radical (unpaired) electrons. The maximum atomic E-state index is 13.3. The van der Waals surface area contributed by atoms with Gasteiger partial charge in [0.05, 0.1) is 16.3 Å². The summed E-state index contributed by atoms with van der Waals surface area (Å²) in [6.07, 6.45) is 0. The van der Waals surface area contributed by atoms with E-state index in [4.69, 9.17) is 11.6 Å². The van der Waals surface area contributed by atoms with E-state index in [-0.39, 0.29) is 15.8 Å². The maximum Gasteiger partial charge on any atom is 0.267 e. The zero-order valence-corrected chi connectivity index (χ0v) is 14.1.